The fourth-order valence-electron chi connectivity index (χ4n) is 2.87. The number of hydrazine groups is 1. The maximum absolute atomic E-state index is 6.09. The van der Waals surface area contributed by atoms with E-state index in [1.54, 1.807) is 0 Å². The molecule has 4 nitrogen and oxygen atoms in total. The molecule has 0 radical (unpaired) electrons. The Morgan fingerprint density at radius 2 is 2.06 bits per heavy atom. The molecule has 0 amide bonds. The Labute approximate surface area is 105 Å². The highest BCUT2D eigenvalue weighted by Crippen LogP contribution is 2.43. The van der Waals surface area contributed by atoms with Crippen LogP contribution >= 0.6 is 0 Å². The highest BCUT2D eigenvalue weighted by Gasteiger charge is 2.48. The van der Waals surface area contributed by atoms with Crippen LogP contribution in [0.15, 0.2) is 0 Å². The van der Waals surface area contributed by atoms with Crippen molar-refractivity contribution in [2.24, 2.45) is 11.8 Å². The third-order valence-corrected chi connectivity index (χ3v) is 3.49. The highest BCUT2D eigenvalue weighted by molar-refractivity contribution is 4.99. The van der Waals surface area contributed by atoms with E-state index in [0.29, 0.717) is 12.5 Å². The van der Waals surface area contributed by atoms with Gasteiger partial charge in [-0.25, -0.2) is 0 Å². The summed E-state index contributed by atoms with van der Waals surface area (Å²) in [4.78, 5) is 0. The van der Waals surface area contributed by atoms with Gasteiger partial charge in [0.2, 0.25) is 0 Å². The molecule has 0 aliphatic carbocycles. The summed E-state index contributed by atoms with van der Waals surface area (Å²) in [6.07, 6.45) is 2.04. The first-order chi connectivity index (χ1) is 7.82. The quantitative estimate of drug-likeness (QED) is 0.425. The van der Waals surface area contributed by atoms with Gasteiger partial charge in [-0.05, 0) is 40.5 Å². The highest BCUT2D eigenvalue weighted by atomic mass is 16.5. The third kappa shape index (κ3) is 3.91. The van der Waals surface area contributed by atoms with Crippen molar-refractivity contribution in [3.63, 3.8) is 0 Å². The normalized spacial score (nSPS) is 28.2. The van der Waals surface area contributed by atoms with Crippen LogP contribution in [0.5, 0.6) is 0 Å². The lowest BCUT2D eigenvalue weighted by atomic mass is 9.82. The maximum atomic E-state index is 6.09. The summed E-state index contributed by atoms with van der Waals surface area (Å²) in [5, 5.41) is 0. The molecule has 1 saturated heterocycles. The van der Waals surface area contributed by atoms with Crippen molar-refractivity contribution in [2.75, 3.05) is 13.2 Å². The van der Waals surface area contributed by atoms with Gasteiger partial charge in [-0.3, -0.25) is 11.3 Å². The average Bonchev–Trinajstić information content (AvgIpc) is 2.42. The topological polar surface area (TPSA) is 56.5 Å². The molecule has 2 unspecified atom stereocenters. The predicted octanol–water partition coefficient (Wildman–Crippen LogP) is 1.84. The number of hydrogen-bond donors (Lipinski definition) is 2. The smallest absolute Gasteiger partial charge is 0.0679 e. The molecule has 1 rings (SSSR count). The molecule has 17 heavy (non-hydrogen) atoms. The van der Waals surface area contributed by atoms with Gasteiger partial charge in [0.1, 0.15) is 0 Å². The number of ether oxygens (including phenoxy) is 2. The minimum Gasteiger partial charge on any atom is -0.380 e. The van der Waals surface area contributed by atoms with Gasteiger partial charge in [0.15, 0.2) is 0 Å². The fourth-order valence-corrected chi connectivity index (χ4v) is 2.87. The van der Waals surface area contributed by atoms with Crippen LogP contribution in [0.3, 0.4) is 0 Å². The second-order valence-corrected chi connectivity index (χ2v) is 6.12. The molecule has 1 heterocycles. The van der Waals surface area contributed by atoms with Crippen LogP contribution in [0.25, 0.3) is 0 Å². The van der Waals surface area contributed by atoms with Crippen molar-refractivity contribution in [1.29, 1.82) is 0 Å². The minimum absolute atomic E-state index is 0.0754. The lowest BCUT2D eigenvalue weighted by Crippen LogP contribution is -2.49. The number of rotatable bonds is 6. The van der Waals surface area contributed by atoms with Crippen LogP contribution in [-0.4, -0.2) is 30.5 Å². The molecule has 2 atom stereocenters. The fraction of sp³-hybridized carbons (Fsp3) is 1.00. The summed E-state index contributed by atoms with van der Waals surface area (Å²) in [5.74, 6) is 6.03. The van der Waals surface area contributed by atoms with Crippen molar-refractivity contribution in [1.82, 2.24) is 5.43 Å². The first-order valence-corrected chi connectivity index (χ1v) is 6.56. The van der Waals surface area contributed by atoms with Crippen LogP contribution in [-0.2, 0) is 9.47 Å². The Kier molecular flexibility index (Phi) is 4.95. The zero-order valence-electron chi connectivity index (χ0n) is 11.9. The van der Waals surface area contributed by atoms with E-state index in [4.69, 9.17) is 15.3 Å². The van der Waals surface area contributed by atoms with Gasteiger partial charge in [0.05, 0.1) is 23.9 Å². The summed E-state index contributed by atoms with van der Waals surface area (Å²) in [5.41, 5.74) is 2.66. The molecule has 1 aliphatic rings. The Morgan fingerprint density at radius 3 is 2.47 bits per heavy atom. The van der Waals surface area contributed by atoms with Crippen molar-refractivity contribution >= 4 is 0 Å². The molecule has 0 aromatic rings. The van der Waals surface area contributed by atoms with E-state index in [0.717, 1.165) is 19.4 Å². The predicted molar refractivity (Wildman–Crippen MR) is 69.6 cm³/mol. The SMILES string of the molecule is CCCOCC(NN)C1CC(C)(C)OC1(C)C. The number of hydrogen-bond acceptors (Lipinski definition) is 4. The first-order valence-electron chi connectivity index (χ1n) is 6.56. The van der Waals surface area contributed by atoms with Crippen LogP contribution in [0.2, 0.25) is 0 Å². The Morgan fingerprint density at radius 1 is 1.41 bits per heavy atom. The van der Waals surface area contributed by atoms with E-state index in [9.17, 15) is 0 Å². The standard InChI is InChI=1S/C13H28N2O2/c1-6-7-16-9-11(15-14)10-8-12(2,3)17-13(10,4)5/h10-11,15H,6-9,14H2,1-5H3. The Hall–Kier alpha value is -0.160. The molecule has 4 heteroatoms. The zero-order valence-corrected chi connectivity index (χ0v) is 11.9. The summed E-state index contributed by atoms with van der Waals surface area (Å²) >= 11 is 0. The van der Waals surface area contributed by atoms with Crippen LogP contribution in [0.1, 0.15) is 47.5 Å². The molecule has 0 aromatic carbocycles. The van der Waals surface area contributed by atoms with E-state index >= 15 is 0 Å². The molecule has 0 spiro atoms. The average molecular weight is 244 g/mol. The van der Waals surface area contributed by atoms with Gasteiger partial charge < -0.3 is 9.47 Å². The van der Waals surface area contributed by atoms with Crippen molar-refractivity contribution in [3.05, 3.63) is 0 Å². The second-order valence-electron chi connectivity index (χ2n) is 6.12. The molecule has 0 bridgehead atoms. The Balaban J connectivity index is 2.62. The minimum atomic E-state index is -0.157. The van der Waals surface area contributed by atoms with Crippen molar-refractivity contribution < 1.29 is 9.47 Å². The van der Waals surface area contributed by atoms with Gasteiger partial charge in [0, 0.05) is 12.5 Å². The van der Waals surface area contributed by atoms with E-state index in [2.05, 4.69) is 40.0 Å². The number of nitrogens with two attached hydrogens (primary N) is 1. The molecule has 0 saturated carbocycles. The molecule has 3 N–H and O–H groups in total. The molecular weight excluding hydrogens is 216 g/mol. The lowest BCUT2D eigenvalue weighted by Gasteiger charge is -2.32. The summed E-state index contributed by atoms with van der Waals surface area (Å²) in [7, 11) is 0. The van der Waals surface area contributed by atoms with Gasteiger partial charge in [-0.15, -0.1) is 0 Å². The lowest BCUT2D eigenvalue weighted by molar-refractivity contribution is -0.0805. The van der Waals surface area contributed by atoms with Crippen molar-refractivity contribution in [3.8, 4) is 0 Å². The second kappa shape index (κ2) is 5.65. The summed E-state index contributed by atoms with van der Waals surface area (Å²) < 4.78 is 11.7. The first kappa shape index (κ1) is 14.9. The molecular formula is C13H28N2O2. The zero-order chi connectivity index (χ0) is 13.1. The maximum Gasteiger partial charge on any atom is 0.0679 e. The number of nitrogens with one attached hydrogen (secondary N) is 1. The van der Waals surface area contributed by atoms with E-state index in [1.807, 2.05) is 0 Å². The summed E-state index contributed by atoms with van der Waals surface area (Å²) in [6.45, 7) is 12.1. The van der Waals surface area contributed by atoms with E-state index in [1.165, 1.54) is 0 Å². The molecule has 1 fully saturated rings. The molecule has 102 valence electrons. The van der Waals surface area contributed by atoms with Gasteiger partial charge in [0.25, 0.3) is 0 Å². The molecule has 0 aromatic heterocycles. The third-order valence-electron chi connectivity index (χ3n) is 3.49. The monoisotopic (exact) mass is 244 g/mol. The van der Waals surface area contributed by atoms with Crippen LogP contribution in [0.4, 0.5) is 0 Å². The van der Waals surface area contributed by atoms with E-state index in [-0.39, 0.29) is 17.2 Å². The van der Waals surface area contributed by atoms with Crippen LogP contribution < -0.4 is 11.3 Å². The summed E-state index contributed by atoms with van der Waals surface area (Å²) in [6, 6.07) is 0.151. The van der Waals surface area contributed by atoms with Gasteiger partial charge in [-0.1, -0.05) is 6.92 Å². The Bertz CT molecular complexity index is 242. The van der Waals surface area contributed by atoms with Gasteiger partial charge in [-0.2, -0.15) is 0 Å². The van der Waals surface area contributed by atoms with E-state index < -0.39 is 0 Å². The molecule has 1 aliphatic heterocycles. The van der Waals surface area contributed by atoms with Crippen molar-refractivity contribution in [2.45, 2.75) is 64.7 Å². The largest absolute Gasteiger partial charge is 0.380 e. The van der Waals surface area contributed by atoms with Gasteiger partial charge >= 0.3 is 0 Å². The van der Waals surface area contributed by atoms with Crippen LogP contribution in [0, 0.1) is 5.92 Å².